The first-order chi connectivity index (χ1) is 11.3. The number of anilines is 1. The molecule has 126 valence electrons. The molecular weight excluding hydrogens is 306 g/mol. The molecule has 4 nitrogen and oxygen atoms in total. The van der Waals surface area contributed by atoms with Gasteiger partial charge in [-0.1, -0.05) is 12.8 Å². The SMILES string of the molecule is O=C(C[C@@H]1C[C@@H]2CC[C@@H]1C2)Nc1nc(CN2CCCCC2)cs1. The minimum atomic E-state index is 0.168. The molecule has 0 aromatic carbocycles. The lowest BCUT2D eigenvalue weighted by Gasteiger charge is -2.25. The van der Waals surface area contributed by atoms with Crippen LogP contribution in [0.25, 0.3) is 0 Å². The highest BCUT2D eigenvalue weighted by Gasteiger charge is 2.40. The Morgan fingerprint density at radius 3 is 2.87 bits per heavy atom. The largest absolute Gasteiger partial charge is 0.302 e. The highest BCUT2D eigenvalue weighted by molar-refractivity contribution is 7.13. The van der Waals surface area contributed by atoms with Crippen molar-refractivity contribution in [3.8, 4) is 0 Å². The molecule has 1 saturated heterocycles. The number of nitrogens with one attached hydrogen (secondary N) is 1. The normalized spacial score (nSPS) is 30.7. The van der Waals surface area contributed by atoms with Crippen molar-refractivity contribution < 1.29 is 4.79 Å². The second-order valence-corrected chi connectivity index (χ2v) is 8.53. The topological polar surface area (TPSA) is 45.2 Å². The third-order valence-electron chi connectivity index (χ3n) is 5.96. The summed E-state index contributed by atoms with van der Waals surface area (Å²) in [6.07, 6.45) is 10.1. The number of fused-ring (bicyclic) bond motifs is 2. The number of piperidine rings is 1. The summed E-state index contributed by atoms with van der Waals surface area (Å²) < 4.78 is 0. The summed E-state index contributed by atoms with van der Waals surface area (Å²) in [5.41, 5.74) is 1.10. The Morgan fingerprint density at radius 2 is 2.13 bits per heavy atom. The van der Waals surface area contributed by atoms with Crippen LogP contribution < -0.4 is 5.32 Å². The van der Waals surface area contributed by atoms with Crippen LogP contribution in [0.4, 0.5) is 5.13 Å². The van der Waals surface area contributed by atoms with Crippen molar-refractivity contribution in [3.63, 3.8) is 0 Å². The average molecular weight is 334 g/mol. The summed E-state index contributed by atoms with van der Waals surface area (Å²) in [5.74, 6) is 2.52. The number of amides is 1. The van der Waals surface area contributed by atoms with Crippen LogP contribution >= 0.6 is 11.3 Å². The van der Waals surface area contributed by atoms with Crippen molar-refractivity contribution in [2.24, 2.45) is 17.8 Å². The van der Waals surface area contributed by atoms with Crippen molar-refractivity contribution in [1.29, 1.82) is 0 Å². The summed E-state index contributed by atoms with van der Waals surface area (Å²) in [7, 11) is 0. The Kier molecular flexibility index (Phi) is 4.67. The van der Waals surface area contributed by atoms with Gasteiger partial charge in [0.1, 0.15) is 0 Å². The maximum atomic E-state index is 12.3. The van der Waals surface area contributed by atoms with E-state index < -0.39 is 0 Å². The van der Waals surface area contributed by atoms with Crippen molar-refractivity contribution in [3.05, 3.63) is 11.1 Å². The van der Waals surface area contributed by atoms with Crippen LogP contribution in [-0.2, 0) is 11.3 Å². The lowest BCUT2D eigenvalue weighted by molar-refractivity contribution is -0.117. The van der Waals surface area contributed by atoms with Gasteiger partial charge in [-0.15, -0.1) is 11.3 Å². The lowest BCUT2D eigenvalue weighted by Crippen LogP contribution is -2.29. The minimum absolute atomic E-state index is 0.168. The van der Waals surface area contributed by atoms with Crippen LogP contribution in [0.1, 0.15) is 57.1 Å². The van der Waals surface area contributed by atoms with Gasteiger partial charge < -0.3 is 5.32 Å². The minimum Gasteiger partial charge on any atom is -0.302 e. The van der Waals surface area contributed by atoms with Crippen LogP contribution in [0, 0.1) is 17.8 Å². The third-order valence-corrected chi connectivity index (χ3v) is 6.77. The van der Waals surface area contributed by atoms with E-state index in [1.54, 1.807) is 11.3 Å². The zero-order chi connectivity index (χ0) is 15.6. The monoisotopic (exact) mass is 333 g/mol. The molecule has 2 bridgehead atoms. The van der Waals surface area contributed by atoms with Crippen LogP contribution in [-0.4, -0.2) is 28.9 Å². The molecule has 2 heterocycles. The molecule has 0 spiro atoms. The molecule has 3 atom stereocenters. The van der Waals surface area contributed by atoms with Gasteiger partial charge in [0.25, 0.3) is 0 Å². The standard InChI is InChI=1S/C18H27N3OS/c22-17(10-15-9-13-4-5-14(15)8-13)20-18-19-16(12-23-18)11-21-6-2-1-3-7-21/h12-15H,1-11H2,(H,19,20,22)/t13-,14-,15+/m1/s1. The van der Waals surface area contributed by atoms with E-state index in [2.05, 4.69) is 20.6 Å². The van der Waals surface area contributed by atoms with E-state index in [0.717, 1.165) is 29.2 Å². The molecule has 1 N–H and O–H groups in total. The van der Waals surface area contributed by atoms with Gasteiger partial charge >= 0.3 is 0 Å². The molecule has 1 aromatic heterocycles. The number of likely N-dealkylation sites (tertiary alicyclic amines) is 1. The number of thiazole rings is 1. The van der Waals surface area contributed by atoms with Gasteiger partial charge in [0, 0.05) is 18.3 Å². The number of carbonyl (C=O) groups excluding carboxylic acids is 1. The first-order valence-electron chi connectivity index (χ1n) is 9.23. The quantitative estimate of drug-likeness (QED) is 0.889. The third kappa shape index (κ3) is 3.77. The Labute approximate surface area is 142 Å². The molecule has 3 fully saturated rings. The van der Waals surface area contributed by atoms with Gasteiger partial charge in [0.05, 0.1) is 5.69 Å². The van der Waals surface area contributed by atoms with E-state index in [1.165, 1.54) is 58.0 Å². The zero-order valence-electron chi connectivity index (χ0n) is 13.8. The highest BCUT2D eigenvalue weighted by Crippen LogP contribution is 2.49. The lowest BCUT2D eigenvalue weighted by atomic mass is 9.86. The average Bonchev–Trinajstić information content (AvgIpc) is 3.26. The first-order valence-corrected chi connectivity index (χ1v) is 10.1. The molecule has 3 aliphatic rings. The Balaban J connectivity index is 1.26. The van der Waals surface area contributed by atoms with E-state index in [1.807, 2.05) is 0 Å². The van der Waals surface area contributed by atoms with Crippen molar-refractivity contribution in [2.45, 2.75) is 57.9 Å². The van der Waals surface area contributed by atoms with Crippen LogP contribution in [0.2, 0.25) is 0 Å². The van der Waals surface area contributed by atoms with E-state index in [-0.39, 0.29) is 5.91 Å². The fourth-order valence-electron chi connectivity index (χ4n) is 4.82. The molecule has 2 aliphatic carbocycles. The number of aromatic nitrogens is 1. The van der Waals surface area contributed by atoms with Gasteiger partial charge in [-0.25, -0.2) is 4.98 Å². The number of carbonyl (C=O) groups is 1. The molecule has 4 rings (SSSR count). The zero-order valence-corrected chi connectivity index (χ0v) is 14.6. The molecule has 1 aromatic rings. The molecule has 1 aliphatic heterocycles. The van der Waals surface area contributed by atoms with Gasteiger partial charge in [0.2, 0.25) is 5.91 Å². The second kappa shape index (κ2) is 6.89. The summed E-state index contributed by atoms with van der Waals surface area (Å²) in [5, 5.41) is 5.92. The van der Waals surface area contributed by atoms with Crippen molar-refractivity contribution in [2.75, 3.05) is 18.4 Å². The number of hydrogen-bond acceptors (Lipinski definition) is 4. The van der Waals surface area contributed by atoms with E-state index in [4.69, 9.17) is 0 Å². The Morgan fingerprint density at radius 1 is 1.26 bits per heavy atom. The second-order valence-electron chi connectivity index (χ2n) is 7.67. The van der Waals surface area contributed by atoms with Crippen molar-refractivity contribution >= 4 is 22.4 Å². The molecule has 5 heteroatoms. The van der Waals surface area contributed by atoms with Crippen LogP contribution in [0.5, 0.6) is 0 Å². The maximum Gasteiger partial charge on any atom is 0.226 e. The Hall–Kier alpha value is -0.940. The number of rotatable bonds is 5. The molecule has 1 amide bonds. The predicted molar refractivity (Wildman–Crippen MR) is 93.4 cm³/mol. The van der Waals surface area contributed by atoms with Gasteiger partial charge in [-0.2, -0.15) is 0 Å². The number of nitrogens with zero attached hydrogens (tertiary/aromatic N) is 2. The van der Waals surface area contributed by atoms with Gasteiger partial charge in [0.15, 0.2) is 5.13 Å². The van der Waals surface area contributed by atoms with Crippen LogP contribution in [0.15, 0.2) is 5.38 Å². The van der Waals surface area contributed by atoms with Crippen molar-refractivity contribution in [1.82, 2.24) is 9.88 Å². The number of hydrogen-bond donors (Lipinski definition) is 1. The Bertz CT molecular complexity index is 552. The van der Waals surface area contributed by atoms with E-state index in [0.29, 0.717) is 12.3 Å². The van der Waals surface area contributed by atoms with E-state index in [9.17, 15) is 4.79 Å². The van der Waals surface area contributed by atoms with E-state index >= 15 is 0 Å². The summed E-state index contributed by atoms with van der Waals surface area (Å²) >= 11 is 1.57. The summed E-state index contributed by atoms with van der Waals surface area (Å²) in [6.45, 7) is 3.30. The fourth-order valence-corrected chi connectivity index (χ4v) is 5.54. The summed E-state index contributed by atoms with van der Waals surface area (Å²) in [6, 6.07) is 0. The van der Waals surface area contributed by atoms with Gasteiger partial charge in [-0.05, 0) is 62.9 Å². The van der Waals surface area contributed by atoms with Gasteiger partial charge in [-0.3, -0.25) is 9.69 Å². The highest BCUT2D eigenvalue weighted by atomic mass is 32.1. The molecule has 0 unspecified atom stereocenters. The molecule has 2 saturated carbocycles. The predicted octanol–water partition coefficient (Wildman–Crippen LogP) is 3.89. The molecule has 0 radical (unpaired) electrons. The van der Waals surface area contributed by atoms with Crippen LogP contribution in [0.3, 0.4) is 0 Å². The molecule has 23 heavy (non-hydrogen) atoms. The molecular formula is C18H27N3OS. The first kappa shape index (κ1) is 15.6. The summed E-state index contributed by atoms with van der Waals surface area (Å²) in [4.78, 5) is 19.4. The maximum absolute atomic E-state index is 12.3. The smallest absolute Gasteiger partial charge is 0.226 e. The fraction of sp³-hybridized carbons (Fsp3) is 0.778.